The van der Waals surface area contributed by atoms with E-state index in [1.165, 1.54) is 25.7 Å². The van der Waals surface area contributed by atoms with Crippen LogP contribution in [0.1, 0.15) is 38.2 Å². The summed E-state index contributed by atoms with van der Waals surface area (Å²) in [6, 6.07) is 7.74. The Balaban J connectivity index is 2.02. The largest absolute Gasteiger partial charge is 0.384 e. The highest BCUT2D eigenvalue weighted by atomic mass is 35.5. The third-order valence-corrected chi connectivity index (χ3v) is 4.28. The Kier molecular flexibility index (Phi) is 4.49. The van der Waals surface area contributed by atoms with E-state index in [-0.39, 0.29) is 0 Å². The highest BCUT2D eigenvalue weighted by Crippen LogP contribution is 2.30. The molecular weight excluding hydrogens is 244 g/mol. The molecule has 1 aliphatic carbocycles. The fourth-order valence-corrected chi connectivity index (χ4v) is 2.94. The predicted octanol–water partition coefficient (Wildman–Crippen LogP) is 4.45. The molecule has 96 valence electrons. The molecule has 1 saturated carbocycles. The van der Waals surface area contributed by atoms with E-state index in [0.29, 0.717) is 16.5 Å². The zero-order chi connectivity index (χ0) is 13.0. The van der Waals surface area contributed by atoms with Crippen molar-refractivity contribution in [2.24, 2.45) is 11.8 Å². The van der Waals surface area contributed by atoms with Gasteiger partial charge in [0.1, 0.15) is 6.07 Å². The predicted molar refractivity (Wildman–Crippen MR) is 75.8 cm³/mol. The minimum Gasteiger partial charge on any atom is -0.384 e. The SMILES string of the molecule is CC1CCCCC1CNc1cccc(Cl)c1C#N. The van der Waals surface area contributed by atoms with Crippen LogP contribution in [0.3, 0.4) is 0 Å². The van der Waals surface area contributed by atoms with Crippen LogP contribution in [-0.4, -0.2) is 6.54 Å². The number of hydrogen-bond donors (Lipinski definition) is 1. The molecule has 0 bridgehead atoms. The van der Waals surface area contributed by atoms with Gasteiger partial charge in [-0.1, -0.05) is 43.9 Å². The number of benzene rings is 1. The summed E-state index contributed by atoms with van der Waals surface area (Å²) in [5.74, 6) is 1.49. The van der Waals surface area contributed by atoms with Gasteiger partial charge in [0.25, 0.3) is 0 Å². The van der Waals surface area contributed by atoms with Crippen molar-refractivity contribution in [2.45, 2.75) is 32.6 Å². The van der Waals surface area contributed by atoms with Gasteiger partial charge < -0.3 is 5.32 Å². The molecular formula is C15H19ClN2. The lowest BCUT2D eigenvalue weighted by molar-refractivity contribution is 0.268. The second-order valence-corrected chi connectivity index (χ2v) is 5.58. The van der Waals surface area contributed by atoms with Crippen molar-refractivity contribution in [2.75, 3.05) is 11.9 Å². The van der Waals surface area contributed by atoms with Crippen LogP contribution in [0.15, 0.2) is 18.2 Å². The molecule has 2 atom stereocenters. The maximum atomic E-state index is 9.11. The summed E-state index contributed by atoms with van der Waals surface area (Å²) in [7, 11) is 0. The second-order valence-electron chi connectivity index (χ2n) is 5.18. The average molecular weight is 263 g/mol. The van der Waals surface area contributed by atoms with Gasteiger partial charge in [-0.2, -0.15) is 5.26 Å². The van der Waals surface area contributed by atoms with Crippen molar-refractivity contribution >= 4 is 17.3 Å². The summed E-state index contributed by atoms with van der Waals surface area (Å²) in [6.07, 6.45) is 5.30. The van der Waals surface area contributed by atoms with E-state index in [0.717, 1.165) is 18.2 Å². The van der Waals surface area contributed by atoms with E-state index in [2.05, 4.69) is 18.3 Å². The van der Waals surface area contributed by atoms with Gasteiger partial charge in [-0.15, -0.1) is 0 Å². The van der Waals surface area contributed by atoms with E-state index in [1.807, 2.05) is 12.1 Å². The van der Waals surface area contributed by atoms with Gasteiger partial charge in [0.05, 0.1) is 16.3 Å². The third-order valence-electron chi connectivity index (χ3n) is 3.97. The van der Waals surface area contributed by atoms with Crippen molar-refractivity contribution < 1.29 is 0 Å². The molecule has 1 aliphatic rings. The first-order valence-corrected chi connectivity index (χ1v) is 7.02. The number of anilines is 1. The van der Waals surface area contributed by atoms with Crippen LogP contribution in [-0.2, 0) is 0 Å². The van der Waals surface area contributed by atoms with Gasteiger partial charge in [-0.25, -0.2) is 0 Å². The number of hydrogen-bond acceptors (Lipinski definition) is 2. The van der Waals surface area contributed by atoms with E-state index in [4.69, 9.17) is 16.9 Å². The van der Waals surface area contributed by atoms with Crippen LogP contribution in [0.4, 0.5) is 5.69 Å². The van der Waals surface area contributed by atoms with Crippen LogP contribution < -0.4 is 5.32 Å². The monoisotopic (exact) mass is 262 g/mol. The molecule has 0 heterocycles. The Morgan fingerprint density at radius 3 is 2.89 bits per heavy atom. The maximum absolute atomic E-state index is 9.11. The first-order chi connectivity index (χ1) is 8.72. The zero-order valence-electron chi connectivity index (χ0n) is 10.7. The Labute approximate surface area is 114 Å². The summed E-state index contributed by atoms with van der Waals surface area (Å²) in [5, 5.41) is 13.0. The van der Waals surface area contributed by atoms with Crippen molar-refractivity contribution in [3.63, 3.8) is 0 Å². The Morgan fingerprint density at radius 2 is 2.17 bits per heavy atom. The number of halogens is 1. The Morgan fingerprint density at radius 1 is 1.39 bits per heavy atom. The lowest BCUT2D eigenvalue weighted by atomic mass is 9.80. The highest BCUT2D eigenvalue weighted by Gasteiger charge is 2.21. The van der Waals surface area contributed by atoms with Crippen LogP contribution >= 0.6 is 11.6 Å². The van der Waals surface area contributed by atoms with Crippen molar-refractivity contribution in [3.05, 3.63) is 28.8 Å². The highest BCUT2D eigenvalue weighted by molar-refractivity contribution is 6.32. The van der Waals surface area contributed by atoms with E-state index in [9.17, 15) is 0 Å². The first kappa shape index (κ1) is 13.2. The molecule has 1 aromatic rings. The van der Waals surface area contributed by atoms with Gasteiger partial charge >= 0.3 is 0 Å². The molecule has 1 aromatic carbocycles. The van der Waals surface area contributed by atoms with Gasteiger partial charge in [-0.3, -0.25) is 0 Å². The van der Waals surface area contributed by atoms with Crippen molar-refractivity contribution in [3.8, 4) is 6.07 Å². The zero-order valence-corrected chi connectivity index (χ0v) is 11.5. The molecule has 2 unspecified atom stereocenters. The summed E-state index contributed by atoms with van der Waals surface area (Å²) < 4.78 is 0. The molecule has 18 heavy (non-hydrogen) atoms. The summed E-state index contributed by atoms with van der Waals surface area (Å²) in [6.45, 7) is 3.27. The van der Waals surface area contributed by atoms with Crippen LogP contribution in [0.5, 0.6) is 0 Å². The Bertz CT molecular complexity index is 450. The number of nitriles is 1. The molecule has 2 rings (SSSR count). The molecule has 0 aliphatic heterocycles. The third kappa shape index (κ3) is 2.97. The van der Waals surface area contributed by atoms with E-state index < -0.39 is 0 Å². The molecule has 3 heteroatoms. The molecule has 0 saturated heterocycles. The standard InChI is InChI=1S/C15H19ClN2/c1-11-5-2-3-6-12(11)10-18-15-8-4-7-14(16)13(15)9-17/h4,7-8,11-12,18H,2-3,5-6,10H2,1H3. The van der Waals surface area contributed by atoms with Crippen LogP contribution in [0.25, 0.3) is 0 Å². The minimum absolute atomic E-state index is 0.527. The van der Waals surface area contributed by atoms with Gasteiger partial charge in [0.2, 0.25) is 0 Å². The molecule has 0 spiro atoms. The molecule has 1 N–H and O–H groups in total. The number of nitrogens with zero attached hydrogens (tertiary/aromatic N) is 1. The lowest BCUT2D eigenvalue weighted by Crippen LogP contribution is -2.24. The maximum Gasteiger partial charge on any atom is 0.103 e. The van der Waals surface area contributed by atoms with E-state index >= 15 is 0 Å². The van der Waals surface area contributed by atoms with Crippen molar-refractivity contribution in [1.29, 1.82) is 5.26 Å². The van der Waals surface area contributed by atoms with E-state index in [1.54, 1.807) is 6.07 Å². The molecule has 0 aromatic heterocycles. The van der Waals surface area contributed by atoms with Gasteiger partial charge in [0, 0.05) is 6.54 Å². The van der Waals surface area contributed by atoms with Gasteiger partial charge in [-0.05, 0) is 30.4 Å². The number of nitrogens with one attached hydrogen (secondary N) is 1. The summed E-state index contributed by atoms with van der Waals surface area (Å²) >= 11 is 6.02. The summed E-state index contributed by atoms with van der Waals surface area (Å²) in [4.78, 5) is 0. The molecule has 0 radical (unpaired) electrons. The van der Waals surface area contributed by atoms with Crippen LogP contribution in [0, 0.1) is 23.2 Å². The molecule has 1 fully saturated rings. The molecule has 0 amide bonds. The number of rotatable bonds is 3. The normalized spacial score (nSPS) is 23.4. The van der Waals surface area contributed by atoms with Crippen molar-refractivity contribution in [1.82, 2.24) is 0 Å². The lowest BCUT2D eigenvalue weighted by Gasteiger charge is -2.29. The average Bonchev–Trinajstić information content (AvgIpc) is 2.38. The fourth-order valence-electron chi connectivity index (χ4n) is 2.72. The second kappa shape index (κ2) is 6.11. The molecule has 2 nitrogen and oxygen atoms in total. The minimum atomic E-state index is 0.527. The Hall–Kier alpha value is -1.20. The fraction of sp³-hybridized carbons (Fsp3) is 0.533. The topological polar surface area (TPSA) is 35.8 Å². The van der Waals surface area contributed by atoms with Gasteiger partial charge in [0.15, 0.2) is 0 Å². The first-order valence-electron chi connectivity index (χ1n) is 6.65. The quantitative estimate of drug-likeness (QED) is 0.874. The smallest absolute Gasteiger partial charge is 0.103 e. The van der Waals surface area contributed by atoms with Crippen LogP contribution in [0.2, 0.25) is 5.02 Å². The summed E-state index contributed by atoms with van der Waals surface area (Å²) in [5.41, 5.74) is 1.42.